The number of nitrogens with one attached hydrogen (secondary N) is 1. The summed E-state index contributed by atoms with van der Waals surface area (Å²) in [6, 6.07) is -0.394. The third-order valence-corrected chi connectivity index (χ3v) is 4.58. The molecule has 6 heteroatoms. The molecule has 1 atom stereocenters. The van der Waals surface area contributed by atoms with E-state index in [-0.39, 0.29) is 23.9 Å². The van der Waals surface area contributed by atoms with Gasteiger partial charge in [-0.25, -0.2) is 0 Å². The number of amides is 1. The van der Waals surface area contributed by atoms with E-state index >= 15 is 0 Å². The minimum atomic E-state index is -0.394. The molecule has 0 unspecified atom stereocenters. The van der Waals surface area contributed by atoms with Crippen molar-refractivity contribution in [3.05, 3.63) is 0 Å². The van der Waals surface area contributed by atoms with E-state index in [2.05, 4.69) is 12.2 Å². The normalized spacial score (nSPS) is 18.6. The Hall–Kier alpha value is 0.0300. The van der Waals surface area contributed by atoms with Crippen molar-refractivity contribution in [1.82, 2.24) is 5.32 Å². The molecule has 1 fully saturated rings. The number of thioether (sulfide) groups is 1. The lowest BCUT2D eigenvalue weighted by Gasteiger charge is -2.37. The minimum absolute atomic E-state index is 0. The first-order valence-electron chi connectivity index (χ1n) is 7.80. The molecule has 0 heterocycles. The highest BCUT2D eigenvalue weighted by Gasteiger charge is 2.33. The van der Waals surface area contributed by atoms with Gasteiger partial charge in [0.2, 0.25) is 5.91 Å². The Morgan fingerprint density at radius 2 is 2.05 bits per heavy atom. The number of rotatable bonds is 9. The molecule has 1 saturated carbocycles. The van der Waals surface area contributed by atoms with Gasteiger partial charge in [0.05, 0.1) is 11.6 Å². The molecule has 1 aliphatic rings. The van der Waals surface area contributed by atoms with Gasteiger partial charge in [-0.15, -0.1) is 12.4 Å². The van der Waals surface area contributed by atoms with E-state index in [4.69, 9.17) is 10.5 Å². The Morgan fingerprint density at radius 3 is 2.62 bits per heavy atom. The average molecular weight is 339 g/mol. The van der Waals surface area contributed by atoms with Crippen molar-refractivity contribution < 1.29 is 9.53 Å². The van der Waals surface area contributed by atoms with Crippen molar-refractivity contribution in [2.75, 3.05) is 25.2 Å². The first kappa shape index (κ1) is 21.0. The van der Waals surface area contributed by atoms with Gasteiger partial charge in [0, 0.05) is 13.2 Å². The van der Waals surface area contributed by atoms with Gasteiger partial charge < -0.3 is 15.8 Å². The summed E-state index contributed by atoms with van der Waals surface area (Å²) in [7, 11) is 0. The van der Waals surface area contributed by atoms with Crippen LogP contribution in [0.15, 0.2) is 0 Å². The minimum Gasteiger partial charge on any atom is -0.373 e. The van der Waals surface area contributed by atoms with E-state index in [9.17, 15) is 4.79 Å². The number of hydrogen-bond acceptors (Lipinski definition) is 4. The fourth-order valence-corrected chi connectivity index (χ4v) is 3.13. The van der Waals surface area contributed by atoms with Crippen molar-refractivity contribution in [1.29, 1.82) is 0 Å². The van der Waals surface area contributed by atoms with Gasteiger partial charge in [0.1, 0.15) is 0 Å². The average Bonchev–Trinajstić information content (AvgIpc) is 2.49. The fourth-order valence-electron chi connectivity index (χ4n) is 2.64. The number of hydrogen-bond donors (Lipinski definition) is 2. The molecule has 0 radical (unpaired) electrons. The fraction of sp³-hybridized carbons (Fsp3) is 0.933. The molecule has 3 N–H and O–H groups in total. The van der Waals surface area contributed by atoms with Crippen molar-refractivity contribution in [3.63, 3.8) is 0 Å². The molecule has 1 aliphatic carbocycles. The maximum atomic E-state index is 12.0. The Labute approximate surface area is 139 Å². The quantitative estimate of drug-likeness (QED) is 0.678. The topological polar surface area (TPSA) is 64.3 Å². The molecule has 4 nitrogen and oxygen atoms in total. The predicted octanol–water partition coefficient (Wildman–Crippen LogP) is 2.73. The van der Waals surface area contributed by atoms with E-state index in [1.54, 1.807) is 11.8 Å². The van der Waals surface area contributed by atoms with Crippen molar-refractivity contribution in [3.8, 4) is 0 Å². The van der Waals surface area contributed by atoms with Crippen LogP contribution in [0.2, 0.25) is 0 Å². The second-order valence-electron chi connectivity index (χ2n) is 5.70. The summed E-state index contributed by atoms with van der Waals surface area (Å²) < 4.78 is 6.07. The van der Waals surface area contributed by atoms with Crippen molar-refractivity contribution >= 4 is 30.1 Å². The Bertz CT molecular complexity index is 287. The van der Waals surface area contributed by atoms with Crippen LogP contribution in [0.1, 0.15) is 51.9 Å². The van der Waals surface area contributed by atoms with Gasteiger partial charge in [0.25, 0.3) is 0 Å². The van der Waals surface area contributed by atoms with Gasteiger partial charge in [-0.3, -0.25) is 4.79 Å². The van der Waals surface area contributed by atoms with E-state index in [1.807, 2.05) is 6.26 Å². The summed E-state index contributed by atoms with van der Waals surface area (Å²) >= 11 is 1.72. The SMILES string of the molecule is CCCOC1(CNC(=O)[C@@H](N)CCSC)CCCCC1.Cl. The summed E-state index contributed by atoms with van der Waals surface area (Å²) in [5.41, 5.74) is 5.75. The van der Waals surface area contributed by atoms with E-state index in [0.29, 0.717) is 6.54 Å². The molecule has 1 rings (SSSR count). The zero-order valence-electron chi connectivity index (χ0n) is 13.4. The Kier molecular flexibility index (Phi) is 11.6. The smallest absolute Gasteiger partial charge is 0.237 e. The highest BCUT2D eigenvalue weighted by atomic mass is 35.5. The van der Waals surface area contributed by atoms with Crippen LogP contribution < -0.4 is 11.1 Å². The summed E-state index contributed by atoms with van der Waals surface area (Å²) in [6.45, 7) is 3.50. The monoisotopic (exact) mass is 338 g/mol. The molecule has 0 aromatic rings. The van der Waals surface area contributed by atoms with Crippen molar-refractivity contribution in [2.24, 2.45) is 5.73 Å². The number of halogens is 1. The second-order valence-corrected chi connectivity index (χ2v) is 6.68. The van der Waals surface area contributed by atoms with Gasteiger partial charge in [-0.1, -0.05) is 26.2 Å². The van der Waals surface area contributed by atoms with Crippen LogP contribution in [0.4, 0.5) is 0 Å². The highest BCUT2D eigenvalue weighted by molar-refractivity contribution is 7.98. The molecule has 0 aromatic heterocycles. The van der Waals surface area contributed by atoms with E-state index in [1.165, 1.54) is 19.3 Å². The van der Waals surface area contributed by atoms with Crippen LogP contribution in [-0.2, 0) is 9.53 Å². The molecule has 126 valence electrons. The standard InChI is InChI=1S/C15H30N2O2S.ClH/c1-3-10-19-15(8-5-4-6-9-15)12-17-14(18)13(16)7-11-20-2;/h13H,3-12,16H2,1-2H3,(H,17,18);1H/t13-;/m0./s1. The first-order chi connectivity index (χ1) is 9.63. The molecule has 0 aromatic carbocycles. The molecule has 21 heavy (non-hydrogen) atoms. The summed E-state index contributed by atoms with van der Waals surface area (Å²) in [5.74, 6) is 0.885. The number of ether oxygens (including phenoxy) is 1. The molecule has 0 bridgehead atoms. The van der Waals surface area contributed by atoms with Crippen LogP contribution in [0.5, 0.6) is 0 Å². The molecule has 0 aliphatic heterocycles. The van der Waals surface area contributed by atoms with E-state index < -0.39 is 6.04 Å². The molecular weight excluding hydrogens is 308 g/mol. The first-order valence-corrected chi connectivity index (χ1v) is 9.19. The van der Waals surface area contributed by atoms with Gasteiger partial charge in [-0.2, -0.15) is 11.8 Å². The Balaban J connectivity index is 0.00000400. The van der Waals surface area contributed by atoms with Crippen LogP contribution in [0, 0.1) is 0 Å². The lowest BCUT2D eigenvalue weighted by atomic mass is 9.84. The Morgan fingerprint density at radius 1 is 1.38 bits per heavy atom. The zero-order chi connectivity index (χ0) is 14.8. The van der Waals surface area contributed by atoms with Crippen LogP contribution in [-0.4, -0.2) is 42.7 Å². The third-order valence-electron chi connectivity index (χ3n) is 3.93. The van der Waals surface area contributed by atoms with Crippen LogP contribution >= 0.6 is 24.2 Å². The predicted molar refractivity (Wildman–Crippen MR) is 93.3 cm³/mol. The maximum Gasteiger partial charge on any atom is 0.237 e. The van der Waals surface area contributed by atoms with Crippen LogP contribution in [0.3, 0.4) is 0 Å². The summed E-state index contributed by atoms with van der Waals surface area (Å²) in [5, 5.41) is 3.01. The highest BCUT2D eigenvalue weighted by Crippen LogP contribution is 2.31. The molecule has 0 spiro atoms. The largest absolute Gasteiger partial charge is 0.373 e. The zero-order valence-corrected chi connectivity index (χ0v) is 15.0. The number of nitrogens with two attached hydrogens (primary N) is 1. The maximum absolute atomic E-state index is 12.0. The molecular formula is C15H31ClN2O2S. The lowest BCUT2D eigenvalue weighted by Crippen LogP contribution is -2.50. The third kappa shape index (κ3) is 7.73. The number of carbonyl (C=O) groups excluding carboxylic acids is 1. The second kappa shape index (κ2) is 11.6. The van der Waals surface area contributed by atoms with Gasteiger partial charge in [0.15, 0.2) is 0 Å². The van der Waals surface area contributed by atoms with Crippen molar-refractivity contribution in [2.45, 2.75) is 63.5 Å². The van der Waals surface area contributed by atoms with Gasteiger partial charge >= 0.3 is 0 Å². The van der Waals surface area contributed by atoms with Crippen LogP contribution in [0.25, 0.3) is 0 Å². The van der Waals surface area contributed by atoms with E-state index in [0.717, 1.165) is 38.0 Å². The summed E-state index contributed by atoms with van der Waals surface area (Å²) in [6.07, 6.45) is 9.54. The van der Waals surface area contributed by atoms with Gasteiger partial charge in [-0.05, 0) is 37.7 Å². The molecule has 0 saturated heterocycles. The number of carbonyl (C=O) groups is 1. The lowest BCUT2D eigenvalue weighted by molar-refractivity contribution is -0.125. The summed E-state index contributed by atoms with van der Waals surface area (Å²) in [4.78, 5) is 12.0. The molecule has 1 amide bonds.